The quantitative estimate of drug-likeness (QED) is 0.258. The SMILES string of the molecule is C/C=C\CC(CC(C/C(=C(/C=C(C)C)N(C)C)C(C)C)C(C)C)C(C)C.CC.CNC. The van der Waals surface area contributed by atoms with Gasteiger partial charge < -0.3 is 10.2 Å². The molecule has 0 amide bonds. The van der Waals surface area contributed by atoms with Crippen molar-refractivity contribution in [1.29, 1.82) is 0 Å². The smallest absolute Gasteiger partial charge is 0.0354 e. The molecule has 0 saturated heterocycles. The third-order valence-electron chi connectivity index (χ3n) is 5.58. The third-order valence-corrected chi connectivity index (χ3v) is 5.58. The maximum Gasteiger partial charge on any atom is 0.0354 e. The summed E-state index contributed by atoms with van der Waals surface area (Å²) in [5, 5.41) is 2.75. The van der Waals surface area contributed by atoms with Crippen molar-refractivity contribution < 1.29 is 0 Å². The Kier molecular flexibility index (Phi) is 23.3. The maximum absolute atomic E-state index is 2.75. The molecule has 1 N–H and O–H groups in total. The molecule has 186 valence electrons. The summed E-state index contributed by atoms with van der Waals surface area (Å²) in [7, 11) is 8.12. The molecule has 0 aliphatic rings. The van der Waals surface area contributed by atoms with Gasteiger partial charge in [0.2, 0.25) is 0 Å². The summed E-state index contributed by atoms with van der Waals surface area (Å²) in [5.41, 5.74) is 4.41. The average molecular weight is 437 g/mol. The lowest BCUT2D eigenvalue weighted by Gasteiger charge is -2.32. The van der Waals surface area contributed by atoms with Crippen LogP contribution in [0.5, 0.6) is 0 Å². The molecule has 0 saturated carbocycles. The van der Waals surface area contributed by atoms with E-state index in [0.29, 0.717) is 11.8 Å². The molecule has 0 heterocycles. The van der Waals surface area contributed by atoms with Gasteiger partial charge in [-0.2, -0.15) is 0 Å². The minimum atomic E-state index is 0.581. The molecule has 2 nitrogen and oxygen atoms in total. The minimum Gasteiger partial charge on any atom is -0.378 e. The van der Waals surface area contributed by atoms with Crippen LogP contribution < -0.4 is 5.32 Å². The number of allylic oxidation sites excluding steroid dienone is 5. The van der Waals surface area contributed by atoms with E-state index in [1.165, 1.54) is 30.5 Å². The molecule has 0 aliphatic heterocycles. The zero-order valence-corrected chi connectivity index (χ0v) is 24.2. The van der Waals surface area contributed by atoms with Gasteiger partial charge in [-0.3, -0.25) is 0 Å². The Morgan fingerprint density at radius 3 is 1.61 bits per heavy atom. The zero-order chi connectivity index (χ0) is 25.1. The second kappa shape index (κ2) is 20.9. The molecule has 2 unspecified atom stereocenters. The van der Waals surface area contributed by atoms with Gasteiger partial charge in [0.05, 0.1) is 0 Å². The fourth-order valence-electron chi connectivity index (χ4n) is 3.63. The summed E-state index contributed by atoms with van der Waals surface area (Å²) in [6.45, 7) is 24.8. The van der Waals surface area contributed by atoms with Crippen LogP contribution in [0.4, 0.5) is 0 Å². The van der Waals surface area contributed by atoms with Crippen molar-refractivity contribution in [3.8, 4) is 0 Å². The van der Waals surface area contributed by atoms with Crippen LogP contribution in [0.3, 0.4) is 0 Å². The highest BCUT2D eigenvalue weighted by molar-refractivity contribution is 5.28. The summed E-state index contributed by atoms with van der Waals surface area (Å²) < 4.78 is 0. The largest absolute Gasteiger partial charge is 0.378 e. The number of hydrogen-bond donors (Lipinski definition) is 1. The molecular weight excluding hydrogens is 376 g/mol. The Bertz CT molecular complexity index is 489. The van der Waals surface area contributed by atoms with Gasteiger partial charge in [0.15, 0.2) is 0 Å². The minimum absolute atomic E-state index is 0.581. The van der Waals surface area contributed by atoms with Crippen molar-refractivity contribution in [3.63, 3.8) is 0 Å². The van der Waals surface area contributed by atoms with Crippen molar-refractivity contribution in [3.05, 3.63) is 35.1 Å². The molecule has 31 heavy (non-hydrogen) atoms. The molecular formula is C29H60N2. The van der Waals surface area contributed by atoms with E-state index in [4.69, 9.17) is 0 Å². The highest BCUT2D eigenvalue weighted by Gasteiger charge is 2.24. The topological polar surface area (TPSA) is 15.3 Å². The lowest BCUT2D eigenvalue weighted by Crippen LogP contribution is -2.22. The van der Waals surface area contributed by atoms with E-state index >= 15 is 0 Å². The zero-order valence-electron chi connectivity index (χ0n) is 24.2. The van der Waals surface area contributed by atoms with Crippen molar-refractivity contribution in [2.24, 2.45) is 29.6 Å². The van der Waals surface area contributed by atoms with Crippen molar-refractivity contribution in [1.82, 2.24) is 10.2 Å². The van der Waals surface area contributed by atoms with E-state index in [1.807, 2.05) is 27.9 Å². The van der Waals surface area contributed by atoms with Crippen LogP contribution in [0.25, 0.3) is 0 Å². The van der Waals surface area contributed by atoms with Gasteiger partial charge in [-0.05, 0) is 95.4 Å². The summed E-state index contributed by atoms with van der Waals surface area (Å²) in [5.74, 6) is 3.55. The van der Waals surface area contributed by atoms with Gasteiger partial charge in [-0.15, -0.1) is 0 Å². The highest BCUT2D eigenvalue weighted by Crippen LogP contribution is 2.35. The number of nitrogens with zero attached hydrogens (tertiary/aromatic N) is 1. The molecule has 0 aromatic heterocycles. The standard InChI is InChI=1S/C25H47N.C2H7N.C2H6/c1-12-13-14-22(19(4)5)16-23(20(6)7)17-24(21(8)9)25(26(10)11)15-18(2)3;1-3-2;1-2/h12-13,15,19-23H,14,16-17H2,1-11H3;3H,1-2H3;1-2H3/b13-12-,25-24+;;. The molecule has 0 rings (SSSR count). The Balaban J connectivity index is -0.00000143. The first kappa shape index (κ1) is 34.6. The normalized spacial score (nSPS) is 13.9. The second-order valence-electron chi connectivity index (χ2n) is 9.93. The second-order valence-corrected chi connectivity index (χ2v) is 9.93. The Morgan fingerprint density at radius 2 is 1.32 bits per heavy atom. The molecule has 0 aliphatic carbocycles. The summed E-state index contributed by atoms with van der Waals surface area (Å²) in [6.07, 6.45) is 10.7. The number of likely N-dealkylation sites (N-methyl/N-ethyl adjacent to an activating group) is 1. The molecule has 0 bridgehead atoms. The highest BCUT2D eigenvalue weighted by atomic mass is 15.1. The number of hydrogen-bond acceptors (Lipinski definition) is 2. The summed E-state index contributed by atoms with van der Waals surface area (Å²) in [6, 6.07) is 0. The van der Waals surface area contributed by atoms with Crippen LogP contribution in [0.1, 0.15) is 95.4 Å². The van der Waals surface area contributed by atoms with Crippen molar-refractivity contribution in [2.45, 2.75) is 95.4 Å². The van der Waals surface area contributed by atoms with Crippen molar-refractivity contribution in [2.75, 3.05) is 28.2 Å². The van der Waals surface area contributed by atoms with E-state index in [0.717, 1.165) is 17.8 Å². The van der Waals surface area contributed by atoms with Gasteiger partial charge in [0, 0.05) is 19.8 Å². The van der Waals surface area contributed by atoms with Gasteiger partial charge in [0.1, 0.15) is 0 Å². The first-order chi connectivity index (χ1) is 14.4. The van der Waals surface area contributed by atoms with E-state index in [2.05, 4.69) is 105 Å². The molecule has 0 spiro atoms. The van der Waals surface area contributed by atoms with E-state index in [-0.39, 0.29) is 0 Å². The predicted octanol–water partition coefficient (Wildman–Crippen LogP) is 8.58. The van der Waals surface area contributed by atoms with Gasteiger partial charge >= 0.3 is 0 Å². The van der Waals surface area contributed by atoms with E-state index in [9.17, 15) is 0 Å². The molecule has 0 radical (unpaired) electrons. The number of nitrogens with one attached hydrogen (secondary N) is 1. The fraction of sp³-hybridized carbons (Fsp3) is 0.793. The lowest BCUT2D eigenvalue weighted by molar-refractivity contribution is 0.246. The van der Waals surface area contributed by atoms with Crippen LogP contribution >= 0.6 is 0 Å². The molecule has 0 aromatic rings. The van der Waals surface area contributed by atoms with Gasteiger partial charge in [-0.25, -0.2) is 0 Å². The number of rotatable bonds is 11. The third kappa shape index (κ3) is 17.2. The average Bonchev–Trinajstić information content (AvgIpc) is 2.67. The lowest BCUT2D eigenvalue weighted by atomic mass is 9.75. The van der Waals surface area contributed by atoms with Gasteiger partial charge in [0.25, 0.3) is 0 Å². The first-order valence-electron chi connectivity index (χ1n) is 12.7. The van der Waals surface area contributed by atoms with Gasteiger partial charge in [-0.1, -0.05) is 73.1 Å². The molecule has 0 fully saturated rings. The Hall–Kier alpha value is -1.02. The molecule has 0 aromatic carbocycles. The molecule has 2 heteroatoms. The fourth-order valence-corrected chi connectivity index (χ4v) is 3.63. The first-order valence-corrected chi connectivity index (χ1v) is 12.7. The van der Waals surface area contributed by atoms with Crippen LogP contribution in [-0.4, -0.2) is 33.1 Å². The van der Waals surface area contributed by atoms with Crippen LogP contribution in [-0.2, 0) is 0 Å². The van der Waals surface area contributed by atoms with Crippen LogP contribution in [0.15, 0.2) is 35.1 Å². The maximum atomic E-state index is 2.75. The summed E-state index contributed by atoms with van der Waals surface area (Å²) >= 11 is 0. The van der Waals surface area contributed by atoms with E-state index in [1.54, 1.807) is 5.57 Å². The predicted molar refractivity (Wildman–Crippen MR) is 147 cm³/mol. The van der Waals surface area contributed by atoms with E-state index < -0.39 is 0 Å². The molecule has 2 atom stereocenters. The van der Waals surface area contributed by atoms with Crippen LogP contribution in [0, 0.1) is 29.6 Å². The Labute approximate surface area is 198 Å². The Morgan fingerprint density at radius 1 is 0.871 bits per heavy atom. The summed E-state index contributed by atoms with van der Waals surface area (Å²) in [4.78, 5) is 2.31. The monoisotopic (exact) mass is 436 g/mol. The van der Waals surface area contributed by atoms with Crippen LogP contribution in [0.2, 0.25) is 0 Å². The van der Waals surface area contributed by atoms with Crippen molar-refractivity contribution >= 4 is 0 Å².